The van der Waals surface area contributed by atoms with Gasteiger partial charge in [0.15, 0.2) is 0 Å². The second-order valence-corrected chi connectivity index (χ2v) is 5.79. The van der Waals surface area contributed by atoms with Crippen LogP contribution in [0.1, 0.15) is 26.7 Å². The van der Waals surface area contributed by atoms with Gasteiger partial charge in [-0.05, 0) is 13.3 Å². The van der Waals surface area contributed by atoms with E-state index in [4.69, 9.17) is 10.3 Å². The van der Waals surface area contributed by atoms with Crippen LogP contribution in [0.25, 0.3) is 0 Å². The van der Waals surface area contributed by atoms with Crippen LogP contribution in [0.5, 0.6) is 0 Å². The summed E-state index contributed by atoms with van der Waals surface area (Å²) in [6.07, 6.45) is 5.56. The summed E-state index contributed by atoms with van der Waals surface area (Å²) >= 11 is 0. The van der Waals surface area contributed by atoms with Gasteiger partial charge in [-0.25, -0.2) is 0 Å². The van der Waals surface area contributed by atoms with E-state index >= 15 is 0 Å². The van der Waals surface area contributed by atoms with Gasteiger partial charge in [-0.3, -0.25) is 8.74 Å². The van der Waals surface area contributed by atoms with Crippen LogP contribution < -0.4 is 11.1 Å². The molecule has 7 nitrogen and oxygen atoms in total. The molecule has 1 atom stereocenters. The lowest BCUT2D eigenvalue weighted by Crippen LogP contribution is -2.50. The molecule has 0 aliphatic carbocycles. The van der Waals surface area contributed by atoms with Gasteiger partial charge in [-0.2, -0.15) is 8.42 Å². The van der Waals surface area contributed by atoms with Crippen molar-refractivity contribution >= 4 is 10.4 Å². The fourth-order valence-corrected chi connectivity index (χ4v) is 2.03. The van der Waals surface area contributed by atoms with Gasteiger partial charge in [-0.1, -0.05) is 19.1 Å². The van der Waals surface area contributed by atoms with E-state index in [9.17, 15) is 8.42 Å². The van der Waals surface area contributed by atoms with Crippen molar-refractivity contribution in [2.45, 2.75) is 32.4 Å². The van der Waals surface area contributed by atoms with Crippen molar-refractivity contribution in [3.63, 3.8) is 0 Å². The third kappa shape index (κ3) is 5.78. The summed E-state index contributed by atoms with van der Waals surface area (Å²) < 4.78 is 29.7. The summed E-state index contributed by atoms with van der Waals surface area (Å²) in [5.74, 6) is 0.835. The Bertz CT molecular complexity index is 502. The van der Waals surface area contributed by atoms with Crippen LogP contribution in [-0.2, 0) is 14.6 Å². The number of nitrogens with two attached hydrogens (primary N) is 1. The number of nitrogens with zero attached hydrogens (tertiary/aromatic N) is 1. The minimum absolute atomic E-state index is 0.147. The van der Waals surface area contributed by atoms with Gasteiger partial charge < -0.3 is 16.0 Å². The molecule has 0 saturated heterocycles. The predicted molar refractivity (Wildman–Crippen MR) is 83.3 cm³/mol. The molecule has 0 spiro atoms. The van der Waals surface area contributed by atoms with Crippen molar-refractivity contribution in [2.75, 3.05) is 13.7 Å². The number of allylic oxidation sites excluding steroid dienone is 1. The maximum absolute atomic E-state index is 9.33. The molecule has 0 saturated carbocycles. The van der Waals surface area contributed by atoms with Crippen LogP contribution in [0.4, 0.5) is 0 Å². The lowest BCUT2D eigenvalue weighted by atomic mass is 10.1. The maximum Gasteiger partial charge on any atom is 0.397 e. The highest BCUT2D eigenvalue weighted by Gasteiger charge is 2.37. The fraction of sp³-hybridized carbons (Fsp3) is 0.538. The zero-order chi connectivity index (χ0) is 16.7. The third-order valence-electron chi connectivity index (χ3n) is 3.03. The Balaban J connectivity index is 0.000000567. The average molecular weight is 319 g/mol. The normalized spacial score (nSPS) is 21.4. The van der Waals surface area contributed by atoms with Crippen molar-refractivity contribution in [3.8, 4) is 0 Å². The van der Waals surface area contributed by atoms with E-state index < -0.39 is 10.4 Å². The molecule has 0 bridgehead atoms. The van der Waals surface area contributed by atoms with Crippen LogP contribution in [0.2, 0.25) is 0 Å². The second-order valence-electron chi connectivity index (χ2n) is 4.60. The summed E-state index contributed by atoms with van der Waals surface area (Å²) in [7, 11) is -3.29. The predicted octanol–water partition coefficient (Wildman–Crippen LogP) is 1.34. The molecule has 122 valence electrons. The highest BCUT2D eigenvalue weighted by Crippen LogP contribution is 2.29. The molecule has 1 heterocycles. The first-order valence-electron chi connectivity index (χ1n) is 6.44. The molecule has 21 heavy (non-hydrogen) atoms. The first-order valence-corrected chi connectivity index (χ1v) is 7.81. The molecule has 4 N–H and O–H groups in total. The topological polar surface area (TPSA) is 105 Å². The number of hydrogen-bond acceptors (Lipinski definition) is 6. The maximum atomic E-state index is 9.33. The molecule has 8 heteroatoms. The minimum atomic E-state index is -4.16. The Morgan fingerprint density at radius 1 is 1.48 bits per heavy atom. The van der Waals surface area contributed by atoms with E-state index in [1.807, 2.05) is 12.2 Å². The third-order valence-corrected chi connectivity index (χ3v) is 3.45. The quantitative estimate of drug-likeness (QED) is 0.501. The van der Waals surface area contributed by atoms with Crippen LogP contribution in [0.15, 0.2) is 36.8 Å². The SMILES string of the molecule is C=CCN1C(N)=C(CC)NC1(C)CC=C.COS(=O)(=O)O. The summed E-state index contributed by atoms with van der Waals surface area (Å²) in [6.45, 7) is 12.5. The highest BCUT2D eigenvalue weighted by molar-refractivity contribution is 7.80. The Morgan fingerprint density at radius 3 is 2.33 bits per heavy atom. The van der Waals surface area contributed by atoms with E-state index in [1.165, 1.54) is 0 Å². The molecule has 1 unspecified atom stereocenters. The standard InChI is InChI=1S/C12H21N3.CH4O4S/c1-5-8-12(4)14-10(7-3)11(13)15(12)9-6-2;1-5-6(2,3)4/h5-6,14H,1-2,7-9,13H2,3-4H3;1H3,(H,2,3,4). The Morgan fingerprint density at radius 2 is 2.00 bits per heavy atom. The van der Waals surface area contributed by atoms with Crippen LogP contribution in [0, 0.1) is 0 Å². The Hall–Kier alpha value is -1.51. The van der Waals surface area contributed by atoms with Gasteiger partial charge in [-0.15, -0.1) is 13.2 Å². The zero-order valence-corrected chi connectivity index (χ0v) is 13.6. The molecule has 0 radical (unpaired) electrons. The monoisotopic (exact) mass is 319 g/mol. The Kier molecular flexibility index (Phi) is 7.48. The van der Waals surface area contributed by atoms with Crippen LogP contribution >= 0.6 is 0 Å². The lowest BCUT2D eigenvalue weighted by molar-refractivity contribution is 0.165. The number of hydrogen-bond donors (Lipinski definition) is 3. The number of nitrogens with one attached hydrogen (secondary N) is 1. The van der Waals surface area contributed by atoms with Crippen molar-refractivity contribution in [1.29, 1.82) is 0 Å². The lowest BCUT2D eigenvalue weighted by Gasteiger charge is -2.36. The van der Waals surface area contributed by atoms with E-state index in [0.717, 1.165) is 38.0 Å². The molecule has 1 aliphatic heterocycles. The molecule has 0 amide bonds. The van der Waals surface area contributed by atoms with Gasteiger partial charge in [0.1, 0.15) is 11.5 Å². The van der Waals surface area contributed by atoms with Gasteiger partial charge >= 0.3 is 10.4 Å². The Labute approximate surface area is 127 Å². The largest absolute Gasteiger partial charge is 0.397 e. The molecular weight excluding hydrogens is 294 g/mol. The van der Waals surface area contributed by atoms with Crippen LogP contribution in [0.3, 0.4) is 0 Å². The molecule has 0 aromatic heterocycles. The van der Waals surface area contributed by atoms with Crippen LogP contribution in [-0.4, -0.2) is 37.2 Å². The summed E-state index contributed by atoms with van der Waals surface area (Å²) in [4.78, 5) is 2.14. The van der Waals surface area contributed by atoms with Crippen molar-refractivity contribution in [3.05, 3.63) is 36.8 Å². The summed E-state index contributed by atoms with van der Waals surface area (Å²) in [5.41, 5.74) is 7.05. The first-order chi connectivity index (χ1) is 9.65. The smallest absolute Gasteiger partial charge is 0.384 e. The van der Waals surface area contributed by atoms with Crippen molar-refractivity contribution in [2.24, 2.45) is 5.73 Å². The molecule has 0 aromatic carbocycles. The van der Waals surface area contributed by atoms with Gasteiger partial charge in [0.05, 0.1) is 12.8 Å². The molecule has 1 rings (SSSR count). The van der Waals surface area contributed by atoms with Gasteiger partial charge in [0.2, 0.25) is 0 Å². The summed E-state index contributed by atoms with van der Waals surface area (Å²) in [5, 5.41) is 3.46. The van der Waals surface area contributed by atoms with Crippen molar-refractivity contribution in [1.82, 2.24) is 10.2 Å². The van der Waals surface area contributed by atoms with Crippen molar-refractivity contribution < 1.29 is 17.2 Å². The highest BCUT2D eigenvalue weighted by atomic mass is 32.3. The summed E-state index contributed by atoms with van der Waals surface area (Å²) in [6, 6.07) is 0. The number of rotatable bonds is 6. The van der Waals surface area contributed by atoms with E-state index in [2.05, 4.69) is 41.4 Å². The van der Waals surface area contributed by atoms with E-state index in [1.54, 1.807) is 0 Å². The molecule has 1 aliphatic rings. The fourth-order valence-electron chi connectivity index (χ4n) is 2.03. The van der Waals surface area contributed by atoms with E-state index in [0.29, 0.717) is 0 Å². The average Bonchev–Trinajstić information content (AvgIpc) is 2.64. The first kappa shape index (κ1) is 19.5. The van der Waals surface area contributed by atoms with E-state index in [-0.39, 0.29) is 5.66 Å². The zero-order valence-electron chi connectivity index (χ0n) is 12.8. The molecular formula is C13H25N3O4S. The second kappa shape index (κ2) is 8.06. The molecule has 0 fully saturated rings. The minimum Gasteiger partial charge on any atom is -0.384 e. The van der Waals surface area contributed by atoms with Gasteiger partial charge in [0.25, 0.3) is 0 Å². The van der Waals surface area contributed by atoms with Gasteiger partial charge in [0, 0.05) is 13.0 Å². The molecule has 0 aromatic rings.